The summed E-state index contributed by atoms with van der Waals surface area (Å²) in [5.41, 5.74) is 3.60. The molecular weight excluding hydrogens is 250 g/mol. The van der Waals surface area contributed by atoms with Crippen LogP contribution in [0.2, 0.25) is 0 Å². The van der Waals surface area contributed by atoms with Gasteiger partial charge >= 0.3 is 0 Å². The molecule has 0 radical (unpaired) electrons. The van der Waals surface area contributed by atoms with E-state index < -0.39 is 5.41 Å². The van der Waals surface area contributed by atoms with E-state index in [0.717, 1.165) is 36.2 Å². The Bertz CT molecular complexity index is 666. The highest BCUT2D eigenvalue weighted by Gasteiger charge is 2.41. The summed E-state index contributed by atoms with van der Waals surface area (Å²) < 4.78 is 5.26. The van der Waals surface area contributed by atoms with Gasteiger partial charge in [0.25, 0.3) is 0 Å². The standard InChI is InChI=1S/C17H17NO2/c1-17(10-18)8-7-14-13-6-4-12(20-2)9-11(13)3-5-15(14)16(17)19/h4,6,9H,3,5,7-8H2,1-2H3/t17-/m1/s1. The Kier molecular flexibility index (Phi) is 2.90. The monoisotopic (exact) mass is 267 g/mol. The van der Waals surface area contributed by atoms with Gasteiger partial charge in [-0.1, -0.05) is 6.07 Å². The van der Waals surface area contributed by atoms with Crippen molar-refractivity contribution in [3.63, 3.8) is 0 Å². The molecule has 2 aliphatic carbocycles. The van der Waals surface area contributed by atoms with Crippen molar-refractivity contribution < 1.29 is 9.53 Å². The molecule has 3 nitrogen and oxygen atoms in total. The second-order valence-corrected chi connectivity index (χ2v) is 5.75. The fourth-order valence-corrected chi connectivity index (χ4v) is 3.24. The highest BCUT2D eigenvalue weighted by Crippen LogP contribution is 2.45. The summed E-state index contributed by atoms with van der Waals surface area (Å²) in [6.45, 7) is 1.77. The van der Waals surface area contributed by atoms with E-state index in [0.29, 0.717) is 6.42 Å². The Morgan fingerprint density at radius 3 is 2.75 bits per heavy atom. The zero-order valence-corrected chi connectivity index (χ0v) is 11.8. The maximum atomic E-state index is 12.5. The lowest BCUT2D eigenvalue weighted by molar-refractivity contribution is -0.122. The Morgan fingerprint density at radius 1 is 1.25 bits per heavy atom. The van der Waals surface area contributed by atoms with Crippen molar-refractivity contribution in [3.8, 4) is 11.8 Å². The predicted molar refractivity (Wildman–Crippen MR) is 76.2 cm³/mol. The minimum atomic E-state index is -0.831. The number of fused-ring (bicyclic) bond motifs is 2. The van der Waals surface area contributed by atoms with Gasteiger partial charge in [0.05, 0.1) is 13.2 Å². The van der Waals surface area contributed by atoms with Crippen LogP contribution in [0.4, 0.5) is 0 Å². The summed E-state index contributed by atoms with van der Waals surface area (Å²) in [4.78, 5) is 12.5. The smallest absolute Gasteiger partial charge is 0.179 e. The Labute approximate surface area is 118 Å². The van der Waals surface area contributed by atoms with Crippen molar-refractivity contribution in [2.45, 2.75) is 32.6 Å². The van der Waals surface area contributed by atoms with Crippen LogP contribution in [0.25, 0.3) is 5.57 Å². The number of ether oxygens (including phenoxy) is 1. The topological polar surface area (TPSA) is 50.1 Å². The molecule has 0 fully saturated rings. The molecule has 0 aromatic heterocycles. The highest BCUT2D eigenvalue weighted by molar-refractivity contribution is 6.09. The summed E-state index contributed by atoms with van der Waals surface area (Å²) in [5, 5.41) is 9.26. The quantitative estimate of drug-likeness (QED) is 0.784. The van der Waals surface area contributed by atoms with Crippen molar-refractivity contribution in [2.24, 2.45) is 5.41 Å². The number of Topliss-reactive ketones (excluding diaryl/α,β-unsaturated/α-hetero) is 1. The highest BCUT2D eigenvalue weighted by atomic mass is 16.5. The summed E-state index contributed by atoms with van der Waals surface area (Å²) in [7, 11) is 1.66. The minimum absolute atomic E-state index is 0.0303. The van der Waals surface area contributed by atoms with Crippen LogP contribution in [0.5, 0.6) is 5.75 Å². The number of methoxy groups -OCH3 is 1. The Morgan fingerprint density at radius 2 is 2.05 bits per heavy atom. The lowest BCUT2D eigenvalue weighted by Gasteiger charge is -2.33. The third kappa shape index (κ3) is 1.76. The molecular formula is C17H17NO2. The van der Waals surface area contributed by atoms with E-state index in [1.165, 1.54) is 11.1 Å². The van der Waals surface area contributed by atoms with Gasteiger partial charge in [0.2, 0.25) is 0 Å². The summed E-state index contributed by atoms with van der Waals surface area (Å²) in [6.07, 6.45) is 3.02. The molecule has 20 heavy (non-hydrogen) atoms. The first kappa shape index (κ1) is 12.9. The largest absolute Gasteiger partial charge is 0.497 e. The van der Waals surface area contributed by atoms with E-state index in [-0.39, 0.29) is 5.78 Å². The van der Waals surface area contributed by atoms with Gasteiger partial charge in [-0.05, 0) is 61.4 Å². The van der Waals surface area contributed by atoms with Crippen LogP contribution in [-0.4, -0.2) is 12.9 Å². The van der Waals surface area contributed by atoms with Gasteiger partial charge in [-0.15, -0.1) is 0 Å². The average Bonchev–Trinajstić information content (AvgIpc) is 2.50. The Hall–Kier alpha value is -2.08. The Balaban J connectivity index is 2.09. The van der Waals surface area contributed by atoms with E-state index >= 15 is 0 Å². The number of carbonyl (C=O) groups is 1. The fraction of sp³-hybridized carbons (Fsp3) is 0.412. The average molecular weight is 267 g/mol. The maximum Gasteiger partial charge on any atom is 0.179 e. The van der Waals surface area contributed by atoms with Crippen molar-refractivity contribution in [1.82, 2.24) is 0 Å². The number of ketones is 1. The lowest BCUT2D eigenvalue weighted by Crippen LogP contribution is -2.33. The molecule has 0 saturated heterocycles. The van der Waals surface area contributed by atoms with Gasteiger partial charge in [0.15, 0.2) is 5.78 Å². The van der Waals surface area contributed by atoms with E-state index in [2.05, 4.69) is 12.1 Å². The van der Waals surface area contributed by atoms with E-state index in [1.54, 1.807) is 14.0 Å². The molecule has 0 aliphatic heterocycles. The second kappa shape index (κ2) is 4.49. The number of nitrogens with zero attached hydrogens (tertiary/aromatic N) is 1. The molecule has 3 heteroatoms. The number of allylic oxidation sites excluding steroid dienone is 2. The summed E-state index contributed by atoms with van der Waals surface area (Å²) in [6, 6.07) is 8.25. The van der Waals surface area contributed by atoms with Gasteiger partial charge in [-0.3, -0.25) is 4.79 Å². The number of rotatable bonds is 1. The fourth-order valence-electron chi connectivity index (χ4n) is 3.24. The van der Waals surface area contributed by atoms with Gasteiger partial charge in [0.1, 0.15) is 11.2 Å². The SMILES string of the molecule is COc1ccc2c(c1)CCC1=C2CC[C@](C)(C#N)C1=O. The van der Waals surface area contributed by atoms with Crippen LogP contribution >= 0.6 is 0 Å². The molecule has 3 rings (SSSR count). The molecule has 0 spiro atoms. The normalized spacial score (nSPS) is 24.8. The van der Waals surface area contributed by atoms with Crippen LogP contribution in [0.3, 0.4) is 0 Å². The van der Waals surface area contributed by atoms with Gasteiger partial charge < -0.3 is 4.74 Å². The molecule has 1 aromatic rings. The summed E-state index contributed by atoms with van der Waals surface area (Å²) >= 11 is 0. The predicted octanol–water partition coefficient (Wildman–Crippen LogP) is 3.29. The molecule has 0 heterocycles. The zero-order valence-electron chi connectivity index (χ0n) is 11.8. The molecule has 0 saturated carbocycles. The number of hydrogen-bond donors (Lipinski definition) is 0. The molecule has 0 amide bonds. The molecule has 0 bridgehead atoms. The van der Waals surface area contributed by atoms with Crippen molar-refractivity contribution in [2.75, 3.05) is 7.11 Å². The molecule has 0 unspecified atom stereocenters. The molecule has 1 aromatic carbocycles. The number of hydrogen-bond acceptors (Lipinski definition) is 3. The second-order valence-electron chi connectivity index (χ2n) is 5.75. The minimum Gasteiger partial charge on any atom is -0.497 e. The van der Waals surface area contributed by atoms with Crippen LogP contribution < -0.4 is 4.74 Å². The van der Waals surface area contributed by atoms with Crippen LogP contribution in [0.1, 0.15) is 37.3 Å². The van der Waals surface area contributed by atoms with Crippen LogP contribution in [-0.2, 0) is 11.2 Å². The number of aryl methyl sites for hydroxylation is 1. The van der Waals surface area contributed by atoms with Gasteiger partial charge in [-0.2, -0.15) is 5.26 Å². The van der Waals surface area contributed by atoms with Crippen molar-refractivity contribution in [3.05, 3.63) is 34.9 Å². The van der Waals surface area contributed by atoms with Crippen LogP contribution in [0.15, 0.2) is 23.8 Å². The van der Waals surface area contributed by atoms with Gasteiger partial charge in [-0.25, -0.2) is 0 Å². The first-order chi connectivity index (χ1) is 9.59. The maximum absolute atomic E-state index is 12.5. The summed E-state index contributed by atoms with van der Waals surface area (Å²) in [5.74, 6) is 0.888. The third-order valence-corrected chi connectivity index (χ3v) is 4.54. The zero-order chi connectivity index (χ0) is 14.3. The van der Waals surface area contributed by atoms with Crippen LogP contribution in [0, 0.1) is 16.7 Å². The van der Waals surface area contributed by atoms with E-state index in [9.17, 15) is 10.1 Å². The first-order valence-electron chi connectivity index (χ1n) is 6.94. The number of benzene rings is 1. The lowest BCUT2D eigenvalue weighted by atomic mass is 9.68. The number of nitriles is 1. The molecule has 2 aliphatic rings. The van der Waals surface area contributed by atoms with Crippen molar-refractivity contribution >= 4 is 11.4 Å². The van der Waals surface area contributed by atoms with Crippen molar-refractivity contribution in [1.29, 1.82) is 5.26 Å². The third-order valence-electron chi connectivity index (χ3n) is 4.54. The molecule has 102 valence electrons. The van der Waals surface area contributed by atoms with Gasteiger partial charge in [0, 0.05) is 5.57 Å². The van der Waals surface area contributed by atoms with E-state index in [4.69, 9.17) is 4.74 Å². The first-order valence-corrected chi connectivity index (χ1v) is 6.94. The molecule has 1 atom stereocenters. The van der Waals surface area contributed by atoms with E-state index in [1.807, 2.05) is 12.1 Å². The number of carbonyl (C=O) groups excluding carboxylic acids is 1. The molecule has 0 N–H and O–H groups in total.